The summed E-state index contributed by atoms with van der Waals surface area (Å²) in [6, 6.07) is 9.24. The fourth-order valence-electron chi connectivity index (χ4n) is 0.955. The van der Waals surface area contributed by atoms with E-state index in [1.807, 2.05) is 30.3 Å². The van der Waals surface area contributed by atoms with E-state index in [9.17, 15) is 8.42 Å². The molecule has 0 aromatic heterocycles. The van der Waals surface area contributed by atoms with Crippen molar-refractivity contribution >= 4 is 16.1 Å². The molecule has 0 aliphatic heterocycles. The molecule has 1 N–H and O–H groups in total. The standard InChI is InChI=1S/C11H13NO2S/c1-2-9-12-15(13,14)10-8-11-6-4-3-5-7-11/h2-8,10,12H,1,9H2/b10-8+. The lowest BCUT2D eigenvalue weighted by Crippen LogP contribution is -2.20. The zero-order valence-corrected chi connectivity index (χ0v) is 9.07. The monoisotopic (exact) mass is 223 g/mol. The van der Waals surface area contributed by atoms with Crippen LogP contribution in [0.1, 0.15) is 5.56 Å². The molecule has 0 amide bonds. The molecule has 0 saturated carbocycles. The van der Waals surface area contributed by atoms with E-state index in [0.29, 0.717) is 0 Å². The second-order valence-electron chi connectivity index (χ2n) is 2.90. The second-order valence-corrected chi connectivity index (χ2v) is 4.55. The maximum Gasteiger partial charge on any atom is 0.234 e. The molecule has 0 spiro atoms. The van der Waals surface area contributed by atoms with Crippen molar-refractivity contribution < 1.29 is 8.42 Å². The van der Waals surface area contributed by atoms with Crippen molar-refractivity contribution in [2.75, 3.05) is 6.54 Å². The third-order valence-electron chi connectivity index (χ3n) is 1.67. The molecular formula is C11H13NO2S. The highest BCUT2D eigenvalue weighted by atomic mass is 32.2. The fourth-order valence-corrected chi connectivity index (χ4v) is 1.74. The zero-order chi connectivity index (χ0) is 11.1. The molecule has 1 aromatic carbocycles. The van der Waals surface area contributed by atoms with E-state index in [1.165, 1.54) is 6.08 Å². The molecule has 0 atom stereocenters. The summed E-state index contributed by atoms with van der Waals surface area (Å²) in [4.78, 5) is 0. The molecule has 4 heteroatoms. The van der Waals surface area contributed by atoms with Crippen molar-refractivity contribution in [1.82, 2.24) is 4.72 Å². The Hall–Kier alpha value is -1.39. The van der Waals surface area contributed by atoms with E-state index < -0.39 is 10.0 Å². The van der Waals surface area contributed by atoms with E-state index >= 15 is 0 Å². The van der Waals surface area contributed by atoms with Crippen LogP contribution < -0.4 is 4.72 Å². The van der Waals surface area contributed by atoms with Gasteiger partial charge in [0.15, 0.2) is 0 Å². The van der Waals surface area contributed by atoms with E-state index in [1.54, 1.807) is 6.08 Å². The average Bonchev–Trinajstić information content (AvgIpc) is 2.25. The Kier molecular flexibility index (Phi) is 4.27. The summed E-state index contributed by atoms with van der Waals surface area (Å²) in [5, 5.41) is 1.14. The molecule has 1 aromatic rings. The van der Waals surface area contributed by atoms with Gasteiger partial charge in [0.2, 0.25) is 10.0 Å². The third kappa shape index (κ3) is 4.58. The topological polar surface area (TPSA) is 46.2 Å². The van der Waals surface area contributed by atoms with E-state index in [0.717, 1.165) is 11.0 Å². The highest BCUT2D eigenvalue weighted by molar-refractivity contribution is 7.92. The first-order valence-electron chi connectivity index (χ1n) is 4.48. The predicted molar refractivity (Wildman–Crippen MR) is 62.6 cm³/mol. The quantitative estimate of drug-likeness (QED) is 0.773. The van der Waals surface area contributed by atoms with Gasteiger partial charge in [-0.25, -0.2) is 13.1 Å². The highest BCUT2D eigenvalue weighted by Gasteiger charge is 2.01. The normalized spacial score (nSPS) is 11.7. The predicted octanol–water partition coefficient (Wildman–Crippen LogP) is 1.76. The smallest absolute Gasteiger partial charge is 0.208 e. The summed E-state index contributed by atoms with van der Waals surface area (Å²) >= 11 is 0. The van der Waals surface area contributed by atoms with Crippen molar-refractivity contribution in [3.63, 3.8) is 0 Å². The average molecular weight is 223 g/mol. The summed E-state index contributed by atoms with van der Waals surface area (Å²) in [7, 11) is -3.34. The van der Waals surface area contributed by atoms with Crippen LogP contribution in [0.15, 0.2) is 48.4 Å². The Morgan fingerprint density at radius 2 is 1.93 bits per heavy atom. The lowest BCUT2D eigenvalue weighted by atomic mass is 10.2. The number of nitrogens with one attached hydrogen (secondary N) is 1. The van der Waals surface area contributed by atoms with Crippen LogP contribution >= 0.6 is 0 Å². The van der Waals surface area contributed by atoms with Gasteiger partial charge in [-0.15, -0.1) is 6.58 Å². The molecule has 80 valence electrons. The van der Waals surface area contributed by atoms with E-state index in [-0.39, 0.29) is 6.54 Å². The summed E-state index contributed by atoms with van der Waals surface area (Å²) in [6.07, 6.45) is 3.04. The van der Waals surface area contributed by atoms with Gasteiger partial charge in [0.25, 0.3) is 0 Å². The van der Waals surface area contributed by atoms with Crippen molar-refractivity contribution in [3.8, 4) is 0 Å². The van der Waals surface area contributed by atoms with Gasteiger partial charge in [0, 0.05) is 12.0 Å². The molecule has 0 fully saturated rings. The van der Waals surface area contributed by atoms with Crippen LogP contribution in [0.4, 0.5) is 0 Å². The van der Waals surface area contributed by atoms with Crippen LogP contribution in [-0.4, -0.2) is 15.0 Å². The minimum absolute atomic E-state index is 0.238. The Balaban J connectivity index is 2.69. The van der Waals surface area contributed by atoms with Crippen LogP contribution in [0.5, 0.6) is 0 Å². The number of rotatable bonds is 5. The minimum Gasteiger partial charge on any atom is -0.208 e. The van der Waals surface area contributed by atoms with Crippen LogP contribution in [0, 0.1) is 0 Å². The number of sulfonamides is 1. The van der Waals surface area contributed by atoms with Crippen molar-refractivity contribution in [3.05, 3.63) is 54.0 Å². The largest absolute Gasteiger partial charge is 0.234 e. The van der Waals surface area contributed by atoms with Gasteiger partial charge in [-0.3, -0.25) is 0 Å². The first kappa shape index (κ1) is 11.7. The molecule has 15 heavy (non-hydrogen) atoms. The number of hydrogen-bond donors (Lipinski definition) is 1. The van der Waals surface area contributed by atoms with Gasteiger partial charge in [0.05, 0.1) is 0 Å². The first-order chi connectivity index (χ1) is 7.14. The molecule has 0 unspecified atom stereocenters. The Labute approximate surface area is 90.2 Å². The molecule has 0 aliphatic rings. The van der Waals surface area contributed by atoms with Gasteiger partial charge >= 0.3 is 0 Å². The fraction of sp³-hybridized carbons (Fsp3) is 0.0909. The molecule has 0 radical (unpaired) electrons. The molecule has 0 heterocycles. The van der Waals surface area contributed by atoms with Gasteiger partial charge < -0.3 is 0 Å². The van der Waals surface area contributed by atoms with Crippen LogP contribution in [0.25, 0.3) is 6.08 Å². The van der Waals surface area contributed by atoms with Crippen LogP contribution in [-0.2, 0) is 10.0 Å². The lowest BCUT2D eigenvalue weighted by molar-refractivity contribution is 0.595. The number of hydrogen-bond acceptors (Lipinski definition) is 2. The highest BCUT2D eigenvalue weighted by Crippen LogP contribution is 2.02. The minimum atomic E-state index is -3.34. The van der Waals surface area contributed by atoms with Crippen molar-refractivity contribution in [1.29, 1.82) is 0 Å². The first-order valence-corrected chi connectivity index (χ1v) is 6.02. The molecule has 3 nitrogen and oxygen atoms in total. The molecule has 0 saturated heterocycles. The molecule has 1 rings (SSSR count). The van der Waals surface area contributed by atoms with Crippen molar-refractivity contribution in [2.45, 2.75) is 0 Å². The Morgan fingerprint density at radius 3 is 2.53 bits per heavy atom. The lowest BCUT2D eigenvalue weighted by Gasteiger charge is -1.97. The van der Waals surface area contributed by atoms with Crippen LogP contribution in [0.3, 0.4) is 0 Å². The van der Waals surface area contributed by atoms with Gasteiger partial charge in [-0.05, 0) is 11.6 Å². The van der Waals surface area contributed by atoms with E-state index in [4.69, 9.17) is 0 Å². The SMILES string of the molecule is C=CCNS(=O)(=O)/C=C/c1ccccc1. The summed E-state index contributed by atoms with van der Waals surface area (Å²) in [5.74, 6) is 0. The molecule has 0 bridgehead atoms. The summed E-state index contributed by atoms with van der Waals surface area (Å²) in [6.45, 7) is 3.67. The Morgan fingerprint density at radius 1 is 1.27 bits per heavy atom. The summed E-state index contributed by atoms with van der Waals surface area (Å²) in [5.41, 5.74) is 0.849. The molecule has 0 aliphatic carbocycles. The molecular weight excluding hydrogens is 210 g/mol. The maximum absolute atomic E-state index is 11.3. The zero-order valence-electron chi connectivity index (χ0n) is 8.26. The van der Waals surface area contributed by atoms with Crippen molar-refractivity contribution in [2.24, 2.45) is 0 Å². The Bertz CT molecular complexity index is 435. The second kappa shape index (κ2) is 5.48. The number of benzene rings is 1. The van der Waals surface area contributed by atoms with E-state index in [2.05, 4.69) is 11.3 Å². The van der Waals surface area contributed by atoms with Gasteiger partial charge in [-0.2, -0.15) is 0 Å². The third-order valence-corrected chi connectivity index (χ3v) is 2.73. The van der Waals surface area contributed by atoms with Gasteiger partial charge in [0.1, 0.15) is 0 Å². The maximum atomic E-state index is 11.3. The summed E-state index contributed by atoms with van der Waals surface area (Å²) < 4.78 is 25.0. The van der Waals surface area contributed by atoms with Crippen LogP contribution in [0.2, 0.25) is 0 Å². The van der Waals surface area contributed by atoms with Gasteiger partial charge in [-0.1, -0.05) is 36.4 Å².